The highest BCUT2D eigenvalue weighted by Crippen LogP contribution is 2.38. The number of carbonyl (C=O) groups is 1. The van der Waals surface area contributed by atoms with Crippen molar-refractivity contribution in [3.63, 3.8) is 0 Å². The number of ketones is 1. The van der Waals surface area contributed by atoms with Crippen LogP contribution in [0, 0.1) is 0 Å². The van der Waals surface area contributed by atoms with Crippen molar-refractivity contribution in [2.45, 2.75) is 32.2 Å². The number of carbonyl (C=O) groups excluding carboxylic acids is 1. The summed E-state index contributed by atoms with van der Waals surface area (Å²) in [7, 11) is 0. The van der Waals surface area contributed by atoms with Gasteiger partial charge < -0.3 is 9.84 Å². The SMILES string of the molecule is CC(=O)c1ccc(NCc2nc(C3CC3)no2)cc1. The molecule has 1 aliphatic rings. The van der Waals surface area contributed by atoms with Crippen LogP contribution in [0.1, 0.15) is 47.8 Å². The van der Waals surface area contributed by atoms with Crippen molar-refractivity contribution < 1.29 is 9.32 Å². The highest BCUT2D eigenvalue weighted by Gasteiger charge is 2.28. The molecular weight excluding hydrogens is 242 g/mol. The van der Waals surface area contributed by atoms with Crippen LogP contribution >= 0.6 is 0 Å². The first-order chi connectivity index (χ1) is 9.22. The molecule has 2 aromatic rings. The van der Waals surface area contributed by atoms with E-state index in [1.165, 1.54) is 12.8 Å². The molecule has 0 unspecified atom stereocenters. The lowest BCUT2D eigenvalue weighted by Crippen LogP contribution is -2.00. The van der Waals surface area contributed by atoms with E-state index in [9.17, 15) is 4.79 Å². The predicted molar refractivity (Wildman–Crippen MR) is 70.0 cm³/mol. The second-order valence-electron chi connectivity index (χ2n) is 4.81. The normalized spacial score (nSPS) is 14.4. The van der Waals surface area contributed by atoms with Gasteiger partial charge in [-0.3, -0.25) is 4.79 Å². The minimum absolute atomic E-state index is 0.0672. The number of anilines is 1. The Bertz CT molecular complexity index is 585. The first-order valence-corrected chi connectivity index (χ1v) is 6.40. The molecule has 0 radical (unpaired) electrons. The number of nitrogens with zero attached hydrogens (tertiary/aromatic N) is 2. The Balaban J connectivity index is 1.59. The average molecular weight is 257 g/mol. The monoisotopic (exact) mass is 257 g/mol. The molecule has 1 aromatic heterocycles. The Labute approximate surface area is 111 Å². The molecule has 0 atom stereocenters. The number of Topliss-reactive ketones (excluding diaryl/α,β-unsaturated/α-hetero) is 1. The maximum absolute atomic E-state index is 11.2. The molecule has 5 nitrogen and oxygen atoms in total. The van der Waals surface area contributed by atoms with Gasteiger partial charge in [0.2, 0.25) is 5.89 Å². The summed E-state index contributed by atoms with van der Waals surface area (Å²) in [5.41, 5.74) is 1.63. The average Bonchev–Trinajstić information content (AvgIpc) is 3.16. The number of aromatic nitrogens is 2. The van der Waals surface area contributed by atoms with Gasteiger partial charge in [0, 0.05) is 17.2 Å². The van der Waals surface area contributed by atoms with Crippen LogP contribution in [0.15, 0.2) is 28.8 Å². The van der Waals surface area contributed by atoms with Crippen LogP contribution in [-0.4, -0.2) is 15.9 Å². The van der Waals surface area contributed by atoms with Crippen LogP contribution in [0.5, 0.6) is 0 Å². The molecule has 1 N–H and O–H groups in total. The van der Waals surface area contributed by atoms with Crippen molar-refractivity contribution in [3.05, 3.63) is 41.5 Å². The van der Waals surface area contributed by atoms with Crippen molar-refractivity contribution in [2.24, 2.45) is 0 Å². The second-order valence-corrected chi connectivity index (χ2v) is 4.81. The molecule has 0 spiro atoms. The van der Waals surface area contributed by atoms with Gasteiger partial charge in [0.15, 0.2) is 11.6 Å². The molecule has 0 saturated heterocycles. The molecule has 1 heterocycles. The lowest BCUT2D eigenvalue weighted by molar-refractivity contribution is 0.101. The maximum Gasteiger partial charge on any atom is 0.245 e. The molecule has 3 rings (SSSR count). The third-order valence-electron chi connectivity index (χ3n) is 3.16. The molecule has 0 aliphatic heterocycles. The highest BCUT2D eigenvalue weighted by molar-refractivity contribution is 5.94. The van der Waals surface area contributed by atoms with E-state index in [0.717, 1.165) is 11.5 Å². The van der Waals surface area contributed by atoms with E-state index < -0.39 is 0 Å². The lowest BCUT2D eigenvalue weighted by Gasteiger charge is -2.03. The van der Waals surface area contributed by atoms with Crippen LogP contribution in [0.4, 0.5) is 5.69 Å². The van der Waals surface area contributed by atoms with E-state index >= 15 is 0 Å². The zero-order valence-electron chi connectivity index (χ0n) is 10.7. The summed E-state index contributed by atoms with van der Waals surface area (Å²) >= 11 is 0. The van der Waals surface area contributed by atoms with Crippen molar-refractivity contribution in [1.82, 2.24) is 10.1 Å². The Morgan fingerprint density at radius 2 is 2.11 bits per heavy atom. The fraction of sp³-hybridized carbons (Fsp3) is 0.357. The molecule has 1 fully saturated rings. The summed E-state index contributed by atoms with van der Waals surface area (Å²) < 4.78 is 5.17. The van der Waals surface area contributed by atoms with E-state index in [2.05, 4.69) is 15.5 Å². The Morgan fingerprint density at radius 3 is 2.74 bits per heavy atom. The second kappa shape index (κ2) is 4.84. The van der Waals surface area contributed by atoms with E-state index in [-0.39, 0.29) is 5.78 Å². The van der Waals surface area contributed by atoms with Gasteiger partial charge in [0.1, 0.15) is 0 Å². The smallest absolute Gasteiger partial charge is 0.245 e. The van der Waals surface area contributed by atoms with Gasteiger partial charge in [0.25, 0.3) is 0 Å². The van der Waals surface area contributed by atoms with Crippen LogP contribution in [-0.2, 0) is 6.54 Å². The van der Waals surface area contributed by atoms with Gasteiger partial charge >= 0.3 is 0 Å². The van der Waals surface area contributed by atoms with Gasteiger partial charge in [-0.25, -0.2) is 0 Å². The van der Waals surface area contributed by atoms with E-state index in [0.29, 0.717) is 23.9 Å². The molecule has 98 valence electrons. The summed E-state index contributed by atoms with van der Waals surface area (Å²) in [6.07, 6.45) is 2.33. The highest BCUT2D eigenvalue weighted by atomic mass is 16.5. The fourth-order valence-electron chi connectivity index (χ4n) is 1.85. The van der Waals surface area contributed by atoms with Gasteiger partial charge in [-0.2, -0.15) is 4.98 Å². The number of hydrogen-bond donors (Lipinski definition) is 1. The molecule has 19 heavy (non-hydrogen) atoms. The Hall–Kier alpha value is -2.17. The number of nitrogens with one attached hydrogen (secondary N) is 1. The summed E-state index contributed by atoms with van der Waals surface area (Å²) in [5.74, 6) is 1.99. The Kier molecular flexibility index (Phi) is 3.03. The van der Waals surface area contributed by atoms with Crippen molar-refractivity contribution in [2.75, 3.05) is 5.32 Å². The van der Waals surface area contributed by atoms with Crippen LogP contribution in [0.3, 0.4) is 0 Å². The van der Waals surface area contributed by atoms with E-state index in [1.54, 1.807) is 19.1 Å². The first-order valence-electron chi connectivity index (χ1n) is 6.40. The molecule has 0 amide bonds. The summed E-state index contributed by atoms with van der Waals surface area (Å²) in [5, 5.41) is 7.15. The zero-order chi connectivity index (χ0) is 13.2. The molecule has 1 saturated carbocycles. The summed E-state index contributed by atoms with van der Waals surface area (Å²) in [6, 6.07) is 7.34. The number of hydrogen-bond acceptors (Lipinski definition) is 5. The molecular formula is C14H15N3O2. The molecule has 1 aliphatic carbocycles. The van der Waals surface area contributed by atoms with Gasteiger partial charge in [-0.1, -0.05) is 5.16 Å². The van der Waals surface area contributed by atoms with Crippen LogP contribution in [0.25, 0.3) is 0 Å². The quantitative estimate of drug-likeness (QED) is 0.834. The fourth-order valence-corrected chi connectivity index (χ4v) is 1.85. The number of benzene rings is 1. The van der Waals surface area contributed by atoms with Crippen molar-refractivity contribution in [3.8, 4) is 0 Å². The minimum Gasteiger partial charge on any atom is -0.376 e. The molecule has 1 aromatic carbocycles. The van der Waals surface area contributed by atoms with Gasteiger partial charge in [-0.15, -0.1) is 0 Å². The first kappa shape index (κ1) is 11.9. The van der Waals surface area contributed by atoms with Crippen molar-refractivity contribution >= 4 is 11.5 Å². The molecule has 0 bridgehead atoms. The summed E-state index contributed by atoms with van der Waals surface area (Å²) in [4.78, 5) is 15.5. The van der Waals surface area contributed by atoms with E-state index in [1.807, 2.05) is 12.1 Å². The van der Waals surface area contributed by atoms with Crippen molar-refractivity contribution in [1.29, 1.82) is 0 Å². The van der Waals surface area contributed by atoms with Gasteiger partial charge in [0.05, 0.1) is 6.54 Å². The lowest BCUT2D eigenvalue weighted by atomic mass is 10.1. The molecule has 5 heteroatoms. The predicted octanol–water partition coefficient (Wildman–Crippen LogP) is 2.76. The maximum atomic E-state index is 11.2. The number of rotatable bonds is 5. The topological polar surface area (TPSA) is 68.0 Å². The largest absolute Gasteiger partial charge is 0.376 e. The zero-order valence-corrected chi connectivity index (χ0v) is 10.7. The van der Waals surface area contributed by atoms with E-state index in [4.69, 9.17) is 4.52 Å². The Morgan fingerprint density at radius 1 is 1.37 bits per heavy atom. The standard InChI is InChI=1S/C14H15N3O2/c1-9(18)10-4-6-12(7-5-10)15-8-13-16-14(17-19-13)11-2-3-11/h4-7,11,15H,2-3,8H2,1H3. The third-order valence-corrected chi connectivity index (χ3v) is 3.16. The third kappa shape index (κ3) is 2.81. The van der Waals surface area contributed by atoms with Crippen LogP contribution < -0.4 is 5.32 Å². The van der Waals surface area contributed by atoms with Gasteiger partial charge in [-0.05, 0) is 44.0 Å². The summed E-state index contributed by atoms with van der Waals surface area (Å²) in [6.45, 7) is 2.05. The van der Waals surface area contributed by atoms with Crippen LogP contribution in [0.2, 0.25) is 0 Å². The minimum atomic E-state index is 0.0672.